The van der Waals surface area contributed by atoms with Gasteiger partial charge in [0, 0.05) is 11.8 Å². The molecule has 0 aliphatic carbocycles. The molecular formula is C24H23F3N7O+. The van der Waals surface area contributed by atoms with Gasteiger partial charge < -0.3 is 10.6 Å². The van der Waals surface area contributed by atoms with E-state index in [1.54, 1.807) is 42.9 Å². The van der Waals surface area contributed by atoms with Crippen molar-refractivity contribution < 1.29 is 22.6 Å². The molecule has 1 saturated heterocycles. The number of halogens is 3. The molecule has 2 atom stereocenters. The van der Waals surface area contributed by atoms with E-state index in [2.05, 4.69) is 20.6 Å². The highest BCUT2D eigenvalue weighted by atomic mass is 19.4. The summed E-state index contributed by atoms with van der Waals surface area (Å²) in [6, 6.07) is 8.30. The Hall–Kier alpha value is -3.67. The monoisotopic (exact) mass is 482 g/mol. The maximum absolute atomic E-state index is 12.9. The smallest absolute Gasteiger partial charge is 0.308 e. The molecular weight excluding hydrogens is 459 g/mol. The fraction of sp³-hybridized carbons (Fsp3) is 0.250. The van der Waals surface area contributed by atoms with Crippen molar-refractivity contribution >= 4 is 23.8 Å². The molecule has 180 valence electrons. The molecule has 4 N–H and O–H groups in total. The second-order valence-electron chi connectivity index (χ2n) is 8.52. The molecule has 3 aliphatic heterocycles. The second kappa shape index (κ2) is 8.84. The van der Waals surface area contributed by atoms with Crippen LogP contribution in [-0.4, -0.2) is 40.1 Å². The third kappa shape index (κ3) is 4.41. The lowest BCUT2D eigenvalue weighted by molar-refractivity contribution is -0.750. The number of carbonyl (C=O) groups excluding carboxylic acids is 1. The molecule has 0 radical (unpaired) electrons. The Labute approximate surface area is 199 Å². The topological polar surface area (TPSA) is 105 Å². The van der Waals surface area contributed by atoms with Gasteiger partial charge in [0.2, 0.25) is 5.70 Å². The molecule has 2 aromatic rings. The Bertz CT molecular complexity index is 1270. The van der Waals surface area contributed by atoms with Crippen LogP contribution in [0.3, 0.4) is 0 Å². The minimum absolute atomic E-state index is 0.0836. The molecule has 11 heteroatoms. The van der Waals surface area contributed by atoms with Gasteiger partial charge in [-0.05, 0) is 55.8 Å². The van der Waals surface area contributed by atoms with E-state index in [0.717, 1.165) is 55.5 Å². The van der Waals surface area contributed by atoms with Crippen LogP contribution in [0.4, 0.5) is 19.0 Å². The Balaban J connectivity index is 1.38. The van der Waals surface area contributed by atoms with E-state index in [0.29, 0.717) is 11.4 Å². The standard InChI is InChI=1S/C24H22F3N7O/c25-24(26,27)17-8-10-31-20(13-17)32-23(35)16-6-4-15(5-7-16)22-33-21(18-3-1-2-9-30-18)19-14-29-11-12-34(19,22)28/h4-8,10-14,18,30H,1-3,9,28H2/p+1. The van der Waals surface area contributed by atoms with Gasteiger partial charge >= 0.3 is 6.18 Å². The molecule has 35 heavy (non-hydrogen) atoms. The molecule has 3 aliphatic rings. The van der Waals surface area contributed by atoms with Crippen molar-refractivity contribution in [3.8, 4) is 0 Å². The maximum atomic E-state index is 12.9. The molecule has 1 amide bonds. The number of hydrogen-bond acceptors (Lipinski definition) is 6. The third-order valence-corrected chi connectivity index (χ3v) is 6.20. The van der Waals surface area contributed by atoms with Gasteiger partial charge in [-0.2, -0.15) is 24.0 Å². The Morgan fingerprint density at radius 3 is 2.69 bits per heavy atom. The number of rotatable bonds is 4. The summed E-state index contributed by atoms with van der Waals surface area (Å²) in [7, 11) is 0. The number of nitrogens with zero attached hydrogens (tertiary/aromatic N) is 4. The predicted octanol–water partition coefficient (Wildman–Crippen LogP) is 3.71. The first kappa shape index (κ1) is 23.1. The highest BCUT2D eigenvalue weighted by molar-refractivity contribution is 6.05. The molecule has 0 spiro atoms. The first-order valence-corrected chi connectivity index (χ1v) is 11.2. The second-order valence-corrected chi connectivity index (χ2v) is 8.52. The Morgan fingerprint density at radius 2 is 1.97 bits per heavy atom. The average molecular weight is 482 g/mol. The summed E-state index contributed by atoms with van der Waals surface area (Å²) in [6.07, 6.45) is 4.75. The number of hydrogen-bond donors (Lipinski definition) is 3. The number of nitrogens with two attached hydrogens (primary N) is 1. The van der Waals surface area contributed by atoms with E-state index in [-0.39, 0.29) is 22.0 Å². The number of amidine groups is 1. The number of pyridine rings is 1. The van der Waals surface area contributed by atoms with E-state index >= 15 is 0 Å². The SMILES string of the molecule is N[N+]12C=CN=CC1=C(C1CCCCN1)N=C2c1ccc(C(=O)Nc2cc(C(F)(F)F)ccn2)cc1. The lowest BCUT2D eigenvalue weighted by Crippen LogP contribution is -2.53. The van der Waals surface area contributed by atoms with E-state index in [1.807, 2.05) is 0 Å². The summed E-state index contributed by atoms with van der Waals surface area (Å²) >= 11 is 0. The number of benzene rings is 1. The fourth-order valence-corrected chi connectivity index (χ4v) is 4.38. The van der Waals surface area contributed by atoms with Crippen LogP contribution in [0.25, 0.3) is 0 Å². The Kier molecular flexibility index (Phi) is 5.83. The van der Waals surface area contributed by atoms with Crippen LogP contribution in [0, 0.1) is 0 Å². The summed E-state index contributed by atoms with van der Waals surface area (Å²) in [5.74, 6) is 6.58. The zero-order valence-corrected chi connectivity index (χ0v) is 18.6. The first-order chi connectivity index (χ1) is 16.8. The van der Waals surface area contributed by atoms with Gasteiger partial charge in [-0.25, -0.2) is 4.98 Å². The summed E-state index contributed by atoms with van der Waals surface area (Å²) in [6.45, 7) is 0.911. The highest BCUT2D eigenvalue weighted by Crippen LogP contribution is 2.34. The van der Waals surface area contributed by atoms with Crippen molar-refractivity contribution in [2.24, 2.45) is 15.8 Å². The normalized spacial score (nSPS) is 23.8. The van der Waals surface area contributed by atoms with E-state index < -0.39 is 17.6 Å². The number of allylic oxidation sites excluding steroid dienone is 1. The van der Waals surface area contributed by atoms with Gasteiger partial charge in [0.15, 0.2) is 0 Å². The zero-order chi connectivity index (χ0) is 24.6. The number of piperidine rings is 1. The van der Waals surface area contributed by atoms with Crippen molar-refractivity contribution in [2.45, 2.75) is 31.5 Å². The van der Waals surface area contributed by atoms with Crippen LogP contribution >= 0.6 is 0 Å². The number of quaternary nitrogens is 1. The molecule has 8 nitrogen and oxygen atoms in total. The van der Waals surface area contributed by atoms with E-state index in [4.69, 9.17) is 10.8 Å². The summed E-state index contributed by atoms with van der Waals surface area (Å²) in [5, 5.41) is 5.91. The van der Waals surface area contributed by atoms with Crippen molar-refractivity contribution in [2.75, 3.05) is 11.9 Å². The number of nitrogens with one attached hydrogen (secondary N) is 2. The van der Waals surface area contributed by atoms with Gasteiger partial charge in [-0.15, -0.1) is 4.59 Å². The molecule has 4 heterocycles. The summed E-state index contributed by atoms with van der Waals surface area (Å²) < 4.78 is 38.7. The molecule has 5 rings (SSSR count). The fourth-order valence-electron chi connectivity index (χ4n) is 4.38. The van der Waals surface area contributed by atoms with Crippen LogP contribution in [0.15, 0.2) is 76.4 Å². The number of amides is 1. The molecule has 1 aromatic heterocycles. The van der Waals surface area contributed by atoms with Crippen LogP contribution < -0.4 is 16.5 Å². The van der Waals surface area contributed by atoms with Gasteiger partial charge in [-0.1, -0.05) is 6.42 Å². The lowest BCUT2D eigenvalue weighted by Gasteiger charge is -2.27. The number of fused-ring (bicyclic) bond motifs is 1. The maximum Gasteiger partial charge on any atom is 0.416 e. The average Bonchev–Trinajstić information content (AvgIpc) is 3.17. The van der Waals surface area contributed by atoms with Crippen molar-refractivity contribution in [3.63, 3.8) is 0 Å². The highest BCUT2D eigenvalue weighted by Gasteiger charge is 2.45. The summed E-state index contributed by atoms with van der Waals surface area (Å²) in [4.78, 5) is 25.6. The van der Waals surface area contributed by atoms with Gasteiger partial charge in [0.05, 0.1) is 29.6 Å². The minimum Gasteiger partial charge on any atom is -0.308 e. The Morgan fingerprint density at radius 1 is 1.17 bits per heavy atom. The molecule has 1 fully saturated rings. The van der Waals surface area contributed by atoms with Gasteiger partial charge in [0.1, 0.15) is 17.7 Å². The number of aliphatic imine (C=N–C) groups is 2. The quantitative estimate of drug-likeness (QED) is 0.456. The van der Waals surface area contributed by atoms with E-state index in [9.17, 15) is 18.0 Å². The van der Waals surface area contributed by atoms with Gasteiger partial charge in [0.25, 0.3) is 11.7 Å². The van der Waals surface area contributed by atoms with Crippen LogP contribution in [-0.2, 0) is 6.18 Å². The third-order valence-electron chi connectivity index (χ3n) is 6.20. The first-order valence-electron chi connectivity index (χ1n) is 11.2. The van der Waals surface area contributed by atoms with Crippen molar-refractivity contribution in [1.29, 1.82) is 0 Å². The largest absolute Gasteiger partial charge is 0.416 e. The van der Waals surface area contributed by atoms with E-state index in [1.165, 1.54) is 0 Å². The van der Waals surface area contributed by atoms with Crippen LogP contribution in [0.1, 0.15) is 40.7 Å². The van der Waals surface area contributed by atoms with Crippen LogP contribution in [0.2, 0.25) is 0 Å². The number of aromatic nitrogens is 1. The lowest BCUT2D eigenvalue weighted by atomic mass is 10.0. The molecule has 0 bridgehead atoms. The molecule has 1 aromatic carbocycles. The van der Waals surface area contributed by atoms with Crippen molar-refractivity contribution in [3.05, 3.63) is 83.1 Å². The van der Waals surface area contributed by atoms with Crippen molar-refractivity contribution in [1.82, 2.24) is 10.3 Å². The number of alkyl halides is 3. The predicted molar refractivity (Wildman–Crippen MR) is 125 cm³/mol. The molecule has 0 saturated carbocycles. The summed E-state index contributed by atoms with van der Waals surface area (Å²) in [5.41, 5.74) is 1.73. The van der Waals surface area contributed by atoms with Crippen LogP contribution in [0.5, 0.6) is 0 Å². The number of carbonyl (C=O) groups is 1. The molecule has 2 unspecified atom stereocenters. The number of anilines is 1. The zero-order valence-electron chi connectivity index (χ0n) is 18.6. The minimum atomic E-state index is -4.53. The van der Waals surface area contributed by atoms with Gasteiger partial charge in [-0.3, -0.25) is 9.79 Å².